The SMILES string of the molecule is C=C(C)c1ccc(C(C)(C)NC(=O)OC(CCOC(=O)NC(C)(C)c2cccc(C(=C)C)c2)COC(=O)NC(C)(C)c2cccc(C(=C)C)c2)cc1. The van der Waals surface area contributed by atoms with Gasteiger partial charge in [0.1, 0.15) is 12.7 Å². The molecule has 52 heavy (non-hydrogen) atoms. The Kier molecular flexibility index (Phi) is 13.7. The monoisotopic (exact) mass is 709 g/mol. The first kappa shape index (κ1) is 41.1. The molecule has 3 rings (SSSR count). The number of ether oxygens (including phenoxy) is 3. The zero-order chi connectivity index (χ0) is 38.9. The fraction of sp³-hybridized carbons (Fsp3) is 0.372. The van der Waals surface area contributed by atoms with Gasteiger partial charge in [0, 0.05) is 6.42 Å². The lowest BCUT2D eigenvalue weighted by Crippen LogP contribution is -2.45. The minimum absolute atomic E-state index is 0.0669. The van der Waals surface area contributed by atoms with Crippen LogP contribution in [-0.4, -0.2) is 37.6 Å². The molecule has 0 bridgehead atoms. The van der Waals surface area contributed by atoms with Gasteiger partial charge in [0.2, 0.25) is 0 Å². The summed E-state index contributed by atoms with van der Waals surface area (Å²) in [5.74, 6) is 0. The molecule has 0 aromatic heterocycles. The minimum atomic E-state index is -0.935. The summed E-state index contributed by atoms with van der Waals surface area (Å²) in [6.07, 6.45) is -2.93. The van der Waals surface area contributed by atoms with Crippen molar-refractivity contribution in [2.45, 2.75) is 91.5 Å². The minimum Gasteiger partial charge on any atom is -0.449 e. The van der Waals surface area contributed by atoms with Gasteiger partial charge in [-0.15, -0.1) is 0 Å². The number of rotatable bonds is 15. The van der Waals surface area contributed by atoms with Crippen LogP contribution in [0, 0.1) is 0 Å². The Morgan fingerprint density at radius 2 is 1.00 bits per heavy atom. The van der Waals surface area contributed by atoms with Gasteiger partial charge in [-0.05, 0) is 108 Å². The Bertz CT molecular complexity index is 1790. The quantitative estimate of drug-likeness (QED) is 0.135. The fourth-order valence-electron chi connectivity index (χ4n) is 5.38. The van der Waals surface area contributed by atoms with Crippen LogP contribution in [0.2, 0.25) is 0 Å². The molecule has 0 saturated carbocycles. The first-order chi connectivity index (χ1) is 24.2. The number of benzene rings is 3. The van der Waals surface area contributed by atoms with Gasteiger partial charge in [0.15, 0.2) is 0 Å². The Balaban J connectivity index is 1.69. The van der Waals surface area contributed by atoms with Crippen molar-refractivity contribution in [3.63, 3.8) is 0 Å². The number of hydrogen-bond acceptors (Lipinski definition) is 6. The number of alkyl carbamates (subject to hydrolysis) is 3. The molecule has 3 amide bonds. The van der Waals surface area contributed by atoms with Crippen molar-refractivity contribution in [2.75, 3.05) is 13.2 Å². The van der Waals surface area contributed by atoms with Gasteiger partial charge in [-0.3, -0.25) is 0 Å². The van der Waals surface area contributed by atoms with E-state index in [0.29, 0.717) is 0 Å². The molecule has 0 spiro atoms. The van der Waals surface area contributed by atoms with Crippen LogP contribution >= 0.6 is 0 Å². The summed E-state index contributed by atoms with van der Waals surface area (Å²) in [6.45, 7) is 28.6. The number of carbonyl (C=O) groups excluding carboxylic acids is 3. The van der Waals surface area contributed by atoms with Gasteiger partial charge in [-0.1, -0.05) is 97.1 Å². The van der Waals surface area contributed by atoms with Crippen molar-refractivity contribution in [3.05, 3.63) is 126 Å². The highest BCUT2D eigenvalue weighted by molar-refractivity contribution is 5.71. The molecular weight excluding hydrogens is 654 g/mol. The molecule has 1 unspecified atom stereocenters. The zero-order valence-electron chi connectivity index (χ0n) is 32.2. The third-order valence-electron chi connectivity index (χ3n) is 8.84. The average molecular weight is 710 g/mol. The van der Waals surface area contributed by atoms with E-state index in [1.807, 2.05) is 135 Å². The van der Waals surface area contributed by atoms with Crippen LogP contribution in [0.1, 0.15) is 102 Å². The van der Waals surface area contributed by atoms with Crippen molar-refractivity contribution in [1.82, 2.24) is 16.0 Å². The third-order valence-corrected chi connectivity index (χ3v) is 8.84. The molecule has 1 atom stereocenters. The predicted octanol–water partition coefficient (Wildman–Crippen LogP) is 9.83. The third kappa shape index (κ3) is 11.9. The normalized spacial score (nSPS) is 12.2. The molecule has 0 radical (unpaired) electrons. The standard InChI is InChI=1S/C43H55N3O6/c1-28(2)31-19-21-34(22-20-31)41(7,8)46-40(49)52-37(27-51-39(48)45-43(11,12)36-18-14-16-33(26-36)30(5)6)23-24-50-38(47)44-42(9,10)35-17-13-15-32(25-35)29(3)4/h13-22,25-26,37H,1,3,5,23-24,27H2,2,4,6-12H3,(H,44,47)(H,45,48)(H,46,49). The Morgan fingerprint density at radius 3 is 1.46 bits per heavy atom. The average Bonchev–Trinajstić information content (AvgIpc) is 3.06. The van der Waals surface area contributed by atoms with Gasteiger partial charge in [-0.25, -0.2) is 14.4 Å². The van der Waals surface area contributed by atoms with Crippen molar-refractivity contribution in [2.24, 2.45) is 0 Å². The summed E-state index contributed by atoms with van der Waals surface area (Å²) >= 11 is 0. The second-order valence-electron chi connectivity index (χ2n) is 14.9. The Labute approximate surface area is 309 Å². The molecule has 9 heteroatoms. The second-order valence-corrected chi connectivity index (χ2v) is 14.9. The lowest BCUT2D eigenvalue weighted by Gasteiger charge is -2.29. The number of carbonyl (C=O) groups is 3. The number of amides is 3. The molecule has 0 aliphatic rings. The van der Waals surface area contributed by atoms with Crippen LogP contribution in [0.4, 0.5) is 14.4 Å². The molecule has 0 aliphatic carbocycles. The van der Waals surface area contributed by atoms with E-state index in [4.69, 9.17) is 14.2 Å². The Hall–Kier alpha value is -5.31. The van der Waals surface area contributed by atoms with Gasteiger partial charge >= 0.3 is 18.3 Å². The van der Waals surface area contributed by atoms with E-state index in [1.165, 1.54) is 0 Å². The first-order valence-corrected chi connectivity index (χ1v) is 17.4. The van der Waals surface area contributed by atoms with Crippen molar-refractivity contribution >= 4 is 35.0 Å². The largest absolute Gasteiger partial charge is 0.449 e. The molecule has 3 aromatic rings. The van der Waals surface area contributed by atoms with Crippen molar-refractivity contribution in [3.8, 4) is 0 Å². The lowest BCUT2D eigenvalue weighted by atomic mass is 9.92. The highest BCUT2D eigenvalue weighted by Gasteiger charge is 2.29. The second kappa shape index (κ2) is 17.3. The van der Waals surface area contributed by atoms with Gasteiger partial charge in [0.25, 0.3) is 0 Å². The van der Waals surface area contributed by atoms with Gasteiger partial charge in [-0.2, -0.15) is 0 Å². The van der Waals surface area contributed by atoms with E-state index in [1.54, 1.807) is 0 Å². The summed E-state index contributed by atoms with van der Waals surface area (Å²) in [4.78, 5) is 39.2. The topological polar surface area (TPSA) is 115 Å². The van der Waals surface area contributed by atoms with Gasteiger partial charge < -0.3 is 30.2 Å². The van der Waals surface area contributed by atoms with Crippen LogP contribution in [0.5, 0.6) is 0 Å². The van der Waals surface area contributed by atoms with E-state index in [2.05, 4.69) is 35.7 Å². The van der Waals surface area contributed by atoms with E-state index < -0.39 is 41.0 Å². The van der Waals surface area contributed by atoms with Crippen molar-refractivity contribution in [1.29, 1.82) is 0 Å². The van der Waals surface area contributed by atoms with Crippen LogP contribution in [0.3, 0.4) is 0 Å². The van der Waals surface area contributed by atoms with Crippen molar-refractivity contribution < 1.29 is 28.6 Å². The smallest absolute Gasteiger partial charge is 0.408 e. The Morgan fingerprint density at radius 1 is 0.577 bits per heavy atom. The maximum absolute atomic E-state index is 13.2. The summed E-state index contributed by atoms with van der Waals surface area (Å²) in [6, 6.07) is 23.2. The van der Waals surface area contributed by atoms with E-state index in [-0.39, 0.29) is 19.6 Å². The summed E-state index contributed by atoms with van der Waals surface area (Å²) in [5, 5.41) is 8.69. The number of nitrogens with one attached hydrogen (secondary N) is 3. The molecule has 3 N–H and O–H groups in total. The maximum atomic E-state index is 13.2. The molecule has 9 nitrogen and oxygen atoms in total. The molecule has 0 saturated heterocycles. The van der Waals surface area contributed by atoms with Gasteiger partial charge in [0.05, 0.1) is 23.2 Å². The highest BCUT2D eigenvalue weighted by atomic mass is 16.6. The van der Waals surface area contributed by atoms with Crippen LogP contribution < -0.4 is 16.0 Å². The summed E-state index contributed by atoms with van der Waals surface area (Å²) in [7, 11) is 0. The van der Waals surface area contributed by atoms with Crippen LogP contribution in [0.25, 0.3) is 16.7 Å². The maximum Gasteiger partial charge on any atom is 0.408 e. The number of allylic oxidation sites excluding steroid dienone is 3. The van der Waals surface area contributed by atoms with Crippen LogP contribution in [0.15, 0.2) is 92.5 Å². The molecule has 0 fully saturated rings. The van der Waals surface area contributed by atoms with E-state index >= 15 is 0 Å². The van der Waals surface area contributed by atoms with Crippen LogP contribution in [-0.2, 0) is 30.8 Å². The van der Waals surface area contributed by atoms with E-state index in [9.17, 15) is 14.4 Å². The molecule has 0 heterocycles. The first-order valence-electron chi connectivity index (χ1n) is 17.4. The lowest BCUT2D eigenvalue weighted by molar-refractivity contribution is 0.0236. The summed E-state index contributed by atoms with van der Waals surface area (Å²) in [5.41, 5.74) is 5.97. The van der Waals surface area contributed by atoms with E-state index in [0.717, 1.165) is 50.1 Å². The predicted molar refractivity (Wildman–Crippen MR) is 210 cm³/mol. The highest BCUT2D eigenvalue weighted by Crippen LogP contribution is 2.26. The molecule has 3 aromatic carbocycles. The molecular formula is C43H55N3O6. The number of hydrogen-bond donors (Lipinski definition) is 3. The molecule has 0 aliphatic heterocycles. The molecule has 278 valence electrons. The fourth-order valence-corrected chi connectivity index (χ4v) is 5.38. The summed E-state index contributed by atoms with van der Waals surface area (Å²) < 4.78 is 16.9. The zero-order valence-corrected chi connectivity index (χ0v) is 32.2.